The van der Waals surface area contributed by atoms with Gasteiger partial charge in [0.15, 0.2) is 0 Å². The zero-order valence-corrected chi connectivity index (χ0v) is 12.9. The molecule has 1 amide bonds. The highest BCUT2D eigenvalue weighted by molar-refractivity contribution is 8.00. The Morgan fingerprint density at radius 1 is 1.27 bits per heavy atom. The summed E-state index contributed by atoms with van der Waals surface area (Å²) < 4.78 is 14.7. The molecule has 1 aromatic heterocycles. The number of hydrogen-bond acceptors (Lipinski definition) is 4. The van der Waals surface area contributed by atoms with Crippen molar-refractivity contribution in [3.8, 4) is 0 Å². The number of amides is 1. The summed E-state index contributed by atoms with van der Waals surface area (Å²) in [4.78, 5) is 15.0. The Balaban J connectivity index is 1.46. The number of aromatic nitrogens is 3. The van der Waals surface area contributed by atoms with Crippen LogP contribution in [0.4, 0.5) is 4.39 Å². The van der Waals surface area contributed by atoms with Gasteiger partial charge in [0.25, 0.3) is 0 Å². The molecule has 1 aromatic carbocycles. The van der Waals surface area contributed by atoms with Gasteiger partial charge in [0.2, 0.25) is 5.91 Å². The number of thioether (sulfide) groups is 1. The number of halogens is 1. The highest BCUT2D eigenvalue weighted by Gasteiger charge is 2.24. The van der Waals surface area contributed by atoms with Crippen molar-refractivity contribution in [2.24, 2.45) is 0 Å². The van der Waals surface area contributed by atoms with Gasteiger partial charge in [0, 0.05) is 24.2 Å². The van der Waals surface area contributed by atoms with Crippen LogP contribution in [-0.2, 0) is 4.79 Å². The second-order valence-corrected chi connectivity index (χ2v) is 6.29. The van der Waals surface area contributed by atoms with Gasteiger partial charge in [-0.3, -0.25) is 4.79 Å². The third-order valence-corrected chi connectivity index (χ3v) is 4.81. The Hall–Kier alpha value is -1.89. The van der Waals surface area contributed by atoms with Gasteiger partial charge in [0.1, 0.15) is 5.82 Å². The van der Waals surface area contributed by atoms with Crippen LogP contribution >= 0.6 is 11.8 Å². The first kappa shape index (κ1) is 15.0. The third kappa shape index (κ3) is 3.65. The Kier molecular flexibility index (Phi) is 4.72. The average Bonchev–Trinajstić information content (AvgIpc) is 3.09. The van der Waals surface area contributed by atoms with E-state index in [9.17, 15) is 9.18 Å². The molecule has 0 spiro atoms. The van der Waals surface area contributed by atoms with Crippen LogP contribution in [0.2, 0.25) is 0 Å². The standard InChI is InChI=1S/C15H17FN4OS/c16-12-1-3-14(4-2-12)22-11-15(21)19-8-5-13(6-9-19)20-10-7-17-18-20/h1-4,7,10,13H,5-6,8-9,11H2. The fourth-order valence-corrected chi connectivity index (χ4v) is 3.36. The summed E-state index contributed by atoms with van der Waals surface area (Å²) in [6.07, 6.45) is 5.34. The normalized spacial score (nSPS) is 16.0. The van der Waals surface area contributed by atoms with E-state index in [1.807, 2.05) is 15.8 Å². The molecule has 116 valence electrons. The number of nitrogens with zero attached hydrogens (tertiary/aromatic N) is 4. The van der Waals surface area contributed by atoms with Crippen LogP contribution < -0.4 is 0 Å². The first-order chi connectivity index (χ1) is 10.7. The Labute approximate surface area is 132 Å². The van der Waals surface area contributed by atoms with Gasteiger partial charge in [-0.2, -0.15) is 0 Å². The van der Waals surface area contributed by atoms with Crippen molar-refractivity contribution in [3.63, 3.8) is 0 Å². The van der Waals surface area contributed by atoms with E-state index < -0.39 is 0 Å². The van der Waals surface area contributed by atoms with Crippen LogP contribution in [0, 0.1) is 5.82 Å². The fourth-order valence-electron chi connectivity index (χ4n) is 2.56. The van der Waals surface area contributed by atoms with E-state index in [1.54, 1.807) is 18.3 Å². The Bertz CT molecular complexity index is 609. The Morgan fingerprint density at radius 2 is 2.00 bits per heavy atom. The van der Waals surface area contributed by atoms with Crippen LogP contribution in [0.15, 0.2) is 41.6 Å². The van der Waals surface area contributed by atoms with E-state index in [4.69, 9.17) is 0 Å². The van der Waals surface area contributed by atoms with Gasteiger partial charge < -0.3 is 4.90 Å². The molecule has 1 fully saturated rings. The lowest BCUT2D eigenvalue weighted by molar-refractivity contribution is -0.129. The highest BCUT2D eigenvalue weighted by Crippen LogP contribution is 2.23. The molecular formula is C15H17FN4OS. The lowest BCUT2D eigenvalue weighted by Gasteiger charge is -2.31. The predicted octanol–water partition coefficient (Wildman–Crippen LogP) is 2.37. The van der Waals surface area contributed by atoms with Crippen LogP contribution in [0.25, 0.3) is 0 Å². The molecule has 1 saturated heterocycles. The molecule has 0 N–H and O–H groups in total. The molecule has 0 unspecified atom stereocenters. The van der Waals surface area contributed by atoms with Gasteiger partial charge in [-0.15, -0.1) is 16.9 Å². The van der Waals surface area contributed by atoms with Gasteiger partial charge in [0.05, 0.1) is 18.0 Å². The van der Waals surface area contributed by atoms with Gasteiger partial charge in [-0.05, 0) is 37.1 Å². The van der Waals surface area contributed by atoms with Crippen LogP contribution in [0.3, 0.4) is 0 Å². The minimum absolute atomic E-state index is 0.131. The summed E-state index contributed by atoms with van der Waals surface area (Å²) in [7, 11) is 0. The molecule has 1 aliphatic rings. The average molecular weight is 320 g/mol. The minimum Gasteiger partial charge on any atom is -0.342 e. The Morgan fingerprint density at radius 3 is 2.64 bits per heavy atom. The first-order valence-electron chi connectivity index (χ1n) is 7.24. The monoisotopic (exact) mass is 320 g/mol. The maximum absolute atomic E-state index is 12.8. The van der Waals surface area contributed by atoms with Crippen molar-refractivity contribution in [1.29, 1.82) is 0 Å². The van der Waals surface area contributed by atoms with E-state index in [2.05, 4.69) is 10.3 Å². The van der Waals surface area contributed by atoms with Crippen LogP contribution in [-0.4, -0.2) is 44.6 Å². The number of carbonyl (C=O) groups is 1. The maximum Gasteiger partial charge on any atom is 0.232 e. The molecule has 2 aromatic rings. The number of rotatable bonds is 4. The molecule has 0 saturated carbocycles. The molecule has 5 nitrogen and oxygen atoms in total. The van der Waals surface area contributed by atoms with Crippen molar-refractivity contribution < 1.29 is 9.18 Å². The molecule has 0 atom stereocenters. The quantitative estimate of drug-likeness (QED) is 0.812. The zero-order chi connectivity index (χ0) is 15.4. The number of carbonyl (C=O) groups excluding carboxylic acids is 1. The van der Waals surface area contributed by atoms with E-state index >= 15 is 0 Å². The second-order valence-electron chi connectivity index (χ2n) is 5.24. The van der Waals surface area contributed by atoms with E-state index in [0.29, 0.717) is 11.8 Å². The zero-order valence-electron chi connectivity index (χ0n) is 12.1. The van der Waals surface area contributed by atoms with Crippen molar-refractivity contribution >= 4 is 17.7 Å². The molecule has 2 heterocycles. The molecule has 22 heavy (non-hydrogen) atoms. The molecule has 3 rings (SSSR count). The second kappa shape index (κ2) is 6.91. The van der Waals surface area contributed by atoms with E-state index in [1.165, 1.54) is 23.9 Å². The van der Waals surface area contributed by atoms with Crippen molar-refractivity contribution in [1.82, 2.24) is 19.9 Å². The smallest absolute Gasteiger partial charge is 0.232 e. The molecule has 1 aliphatic heterocycles. The summed E-state index contributed by atoms with van der Waals surface area (Å²) in [6, 6.07) is 6.55. The summed E-state index contributed by atoms with van der Waals surface area (Å²) in [5.41, 5.74) is 0. The summed E-state index contributed by atoms with van der Waals surface area (Å²) in [6.45, 7) is 1.49. The third-order valence-electron chi connectivity index (χ3n) is 3.81. The molecule has 7 heteroatoms. The number of piperidine rings is 1. The highest BCUT2D eigenvalue weighted by atomic mass is 32.2. The molecular weight excluding hydrogens is 303 g/mol. The molecule has 0 aliphatic carbocycles. The van der Waals surface area contributed by atoms with Crippen molar-refractivity contribution in [2.75, 3.05) is 18.8 Å². The van der Waals surface area contributed by atoms with E-state index in [-0.39, 0.29) is 11.7 Å². The predicted molar refractivity (Wildman–Crippen MR) is 82.0 cm³/mol. The summed E-state index contributed by atoms with van der Waals surface area (Å²) >= 11 is 1.44. The minimum atomic E-state index is -0.258. The van der Waals surface area contributed by atoms with Gasteiger partial charge in [-0.25, -0.2) is 9.07 Å². The van der Waals surface area contributed by atoms with Crippen molar-refractivity contribution in [3.05, 3.63) is 42.5 Å². The lowest BCUT2D eigenvalue weighted by Crippen LogP contribution is -2.40. The van der Waals surface area contributed by atoms with Crippen LogP contribution in [0.1, 0.15) is 18.9 Å². The van der Waals surface area contributed by atoms with Gasteiger partial charge in [-0.1, -0.05) is 5.21 Å². The van der Waals surface area contributed by atoms with Gasteiger partial charge >= 0.3 is 0 Å². The number of hydrogen-bond donors (Lipinski definition) is 0. The SMILES string of the molecule is O=C(CSc1ccc(F)cc1)N1CCC(n2ccnn2)CC1. The molecule has 0 radical (unpaired) electrons. The summed E-state index contributed by atoms with van der Waals surface area (Å²) in [5, 5.41) is 7.84. The lowest BCUT2D eigenvalue weighted by atomic mass is 10.1. The number of benzene rings is 1. The number of likely N-dealkylation sites (tertiary alicyclic amines) is 1. The maximum atomic E-state index is 12.8. The summed E-state index contributed by atoms with van der Waals surface area (Å²) in [5.74, 6) is 0.261. The van der Waals surface area contributed by atoms with Crippen molar-refractivity contribution in [2.45, 2.75) is 23.8 Å². The molecule has 0 bridgehead atoms. The van der Waals surface area contributed by atoms with E-state index in [0.717, 1.165) is 30.8 Å². The topological polar surface area (TPSA) is 51.0 Å². The first-order valence-corrected chi connectivity index (χ1v) is 8.23. The largest absolute Gasteiger partial charge is 0.342 e. The fraction of sp³-hybridized carbons (Fsp3) is 0.400. The van der Waals surface area contributed by atoms with Crippen LogP contribution in [0.5, 0.6) is 0 Å².